The van der Waals surface area contributed by atoms with Gasteiger partial charge in [0, 0.05) is 6.42 Å². The first-order valence-corrected chi connectivity index (χ1v) is 8.25. The summed E-state index contributed by atoms with van der Waals surface area (Å²) in [4.78, 5) is 0. The first kappa shape index (κ1) is 17.4. The van der Waals surface area contributed by atoms with E-state index in [2.05, 4.69) is 0 Å². The first-order chi connectivity index (χ1) is 10.6. The predicted octanol–water partition coefficient (Wildman–Crippen LogP) is 4.59. The number of hydrogen-bond donors (Lipinski definition) is 0. The van der Waals surface area contributed by atoms with Gasteiger partial charge in [0.15, 0.2) is 12.0 Å². The van der Waals surface area contributed by atoms with Crippen molar-refractivity contribution in [2.45, 2.75) is 64.3 Å². The fourth-order valence-electron chi connectivity index (χ4n) is 2.84. The van der Waals surface area contributed by atoms with E-state index in [9.17, 15) is 8.78 Å². The summed E-state index contributed by atoms with van der Waals surface area (Å²) in [5, 5.41) is 0. The Bertz CT molecular complexity index is 468. The van der Waals surface area contributed by atoms with Crippen LogP contribution in [0, 0.1) is 5.82 Å². The molecule has 1 aliphatic heterocycles. The molecule has 124 valence electrons. The standard InChI is InChI=1S/C18H26F2O2/c1-3-5-15-8-6-14(11-16(15)19)7-9-17-21-12-18(20,10-4-2)13-22-17/h6,8,11,17H,3-5,7,9-10,12-13H2,1-2H3. The highest BCUT2D eigenvalue weighted by Gasteiger charge is 2.35. The summed E-state index contributed by atoms with van der Waals surface area (Å²) in [5.41, 5.74) is 0.340. The number of hydrogen-bond acceptors (Lipinski definition) is 2. The highest BCUT2D eigenvalue weighted by atomic mass is 19.1. The predicted molar refractivity (Wildman–Crippen MR) is 83.2 cm³/mol. The maximum absolute atomic E-state index is 14.2. The van der Waals surface area contributed by atoms with Crippen LogP contribution in [0.5, 0.6) is 0 Å². The summed E-state index contributed by atoms with van der Waals surface area (Å²) in [5.74, 6) is -0.143. The van der Waals surface area contributed by atoms with Crippen LogP contribution in [-0.4, -0.2) is 25.2 Å². The normalized spacial score (nSPS) is 25.4. The molecule has 2 nitrogen and oxygen atoms in total. The third-order valence-electron chi connectivity index (χ3n) is 4.06. The van der Waals surface area contributed by atoms with Gasteiger partial charge in [-0.3, -0.25) is 0 Å². The second-order valence-electron chi connectivity index (χ2n) is 6.17. The molecule has 0 N–H and O–H groups in total. The fourth-order valence-corrected chi connectivity index (χ4v) is 2.84. The Balaban J connectivity index is 1.80. The second kappa shape index (κ2) is 8.02. The third kappa shape index (κ3) is 4.75. The molecule has 1 heterocycles. The van der Waals surface area contributed by atoms with Crippen LogP contribution in [0.15, 0.2) is 18.2 Å². The van der Waals surface area contributed by atoms with Gasteiger partial charge >= 0.3 is 0 Å². The zero-order valence-electron chi connectivity index (χ0n) is 13.5. The van der Waals surface area contributed by atoms with E-state index in [-0.39, 0.29) is 25.3 Å². The minimum absolute atomic E-state index is 0.0926. The molecular weight excluding hydrogens is 286 g/mol. The van der Waals surface area contributed by atoms with Gasteiger partial charge in [-0.25, -0.2) is 8.78 Å². The monoisotopic (exact) mass is 312 g/mol. The average molecular weight is 312 g/mol. The highest BCUT2D eigenvalue weighted by Crippen LogP contribution is 2.26. The molecule has 22 heavy (non-hydrogen) atoms. The van der Waals surface area contributed by atoms with Crippen LogP contribution < -0.4 is 0 Å². The molecule has 1 saturated heterocycles. The summed E-state index contributed by atoms with van der Waals surface area (Å²) >= 11 is 0. The maximum atomic E-state index is 14.2. The van der Waals surface area contributed by atoms with Crippen LogP contribution in [0.1, 0.15) is 50.7 Å². The van der Waals surface area contributed by atoms with Crippen molar-refractivity contribution in [1.82, 2.24) is 0 Å². The number of aryl methyl sites for hydroxylation is 2. The largest absolute Gasteiger partial charge is 0.349 e. The molecule has 0 bridgehead atoms. The topological polar surface area (TPSA) is 18.5 Å². The Morgan fingerprint density at radius 1 is 1.14 bits per heavy atom. The molecule has 0 aliphatic carbocycles. The van der Waals surface area contributed by atoms with E-state index in [1.807, 2.05) is 26.0 Å². The zero-order chi connectivity index (χ0) is 16.0. The Hall–Kier alpha value is -1.00. The molecule has 0 atom stereocenters. The van der Waals surface area contributed by atoms with Crippen molar-refractivity contribution in [2.75, 3.05) is 13.2 Å². The molecule has 0 aromatic heterocycles. The summed E-state index contributed by atoms with van der Waals surface area (Å²) in [7, 11) is 0. The van der Waals surface area contributed by atoms with Crippen LogP contribution in [0.4, 0.5) is 8.78 Å². The van der Waals surface area contributed by atoms with Crippen LogP contribution >= 0.6 is 0 Å². The summed E-state index contributed by atoms with van der Waals surface area (Å²) in [6.45, 7) is 4.17. The summed E-state index contributed by atoms with van der Waals surface area (Å²) < 4.78 is 39.0. The Kier molecular flexibility index (Phi) is 6.33. The van der Waals surface area contributed by atoms with E-state index < -0.39 is 5.67 Å². The van der Waals surface area contributed by atoms with Crippen LogP contribution in [0.2, 0.25) is 0 Å². The lowest BCUT2D eigenvalue weighted by Crippen LogP contribution is -2.44. The highest BCUT2D eigenvalue weighted by molar-refractivity contribution is 5.24. The fraction of sp³-hybridized carbons (Fsp3) is 0.667. The van der Waals surface area contributed by atoms with E-state index in [1.54, 1.807) is 6.07 Å². The molecule has 0 radical (unpaired) electrons. The van der Waals surface area contributed by atoms with Gasteiger partial charge in [-0.2, -0.15) is 0 Å². The van der Waals surface area contributed by atoms with Crippen molar-refractivity contribution < 1.29 is 18.3 Å². The molecule has 0 saturated carbocycles. The van der Waals surface area contributed by atoms with Crippen LogP contribution in [0.3, 0.4) is 0 Å². The Morgan fingerprint density at radius 2 is 1.86 bits per heavy atom. The molecule has 1 aliphatic rings. The molecule has 1 fully saturated rings. The van der Waals surface area contributed by atoms with Crippen LogP contribution in [0.25, 0.3) is 0 Å². The molecule has 1 aromatic rings. The van der Waals surface area contributed by atoms with Gasteiger partial charge in [0.1, 0.15) is 5.82 Å². The van der Waals surface area contributed by atoms with E-state index in [1.165, 1.54) is 0 Å². The van der Waals surface area contributed by atoms with Crippen molar-refractivity contribution in [3.8, 4) is 0 Å². The molecule has 4 heteroatoms. The van der Waals surface area contributed by atoms with E-state index in [4.69, 9.17) is 9.47 Å². The van der Waals surface area contributed by atoms with Gasteiger partial charge in [-0.1, -0.05) is 38.8 Å². The minimum Gasteiger partial charge on any atom is -0.349 e. The van der Waals surface area contributed by atoms with Gasteiger partial charge in [-0.05, 0) is 36.5 Å². The molecule has 2 rings (SSSR count). The van der Waals surface area contributed by atoms with Gasteiger partial charge in [0.2, 0.25) is 0 Å². The summed E-state index contributed by atoms with van der Waals surface area (Å²) in [6, 6.07) is 5.39. The van der Waals surface area contributed by atoms with E-state index in [0.717, 1.165) is 30.4 Å². The van der Waals surface area contributed by atoms with Gasteiger partial charge < -0.3 is 9.47 Å². The van der Waals surface area contributed by atoms with Crippen molar-refractivity contribution in [1.29, 1.82) is 0 Å². The Labute approximate surface area is 131 Å². The summed E-state index contributed by atoms with van der Waals surface area (Å²) in [6.07, 6.45) is 3.83. The van der Waals surface area contributed by atoms with E-state index >= 15 is 0 Å². The number of ether oxygens (including phenoxy) is 2. The number of rotatable bonds is 7. The quantitative estimate of drug-likeness (QED) is 0.733. The Morgan fingerprint density at radius 3 is 2.45 bits per heavy atom. The lowest BCUT2D eigenvalue weighted by atomic mass is 10.0. The molecular formula is C18H26F2O2. The van der Waals surface area contributed by atoms with Crippen molar-refractivity contribution in [2.24, 2.45) is 0 Å². The number of alkyl halides is 1. The average Bonchev–Trinajstić information content (AvgIpc) is 2.49. The van der Waals surface area contributed by atoms with Crippen LogP contribution in [-0.2, 0) is 22.3 Å². The van der Waals surface area contributed by atoms with Gasteiger partial charge in [0.05, 0.1) is 13.2 Å². The molecule has 1 aromatic carbocycles. The zero-order valence-corrected chi connectivity index (χ0v) is 13.5. The lowest BCUT2D eigenvalue weighted by Gasteiger charge is -2.34. The molecule has 0 unspecified atom stereocenters. The first-order valence-electron chi connectivity index (χ1n) is 8.25. The van der Waals surface area contributed by atoms with Gasteiger partial charge in [-0.15, -0.1) is 0 Å². The van der Waals surface area contributed by atoms with Crippen molar-refractivity contribution >= 4 is 0 Å². The SMILES string of the molecule is CCCc1ccc(CCC2OCC(F)(CCC)CO2)cc1F. The smallest absolute Gasteiger partial charge is 0.158 e. The molecule has 0 spiro atoms. The molecule has 0 amide bonds. The van der Waals surface area contributed by atoms with Gasteiger partial charge in [0.25, 0.3) is 0 Å². The lowest BCUT2D eigenvalue weighted by molar-refractivity contribution is -0.236. The van der Waals surface area contributed by atoms with E-state index in [0.29, 0.717) is 19.3 Å². The second-order valence-corrected chi connectivity index (χ2v) is 6.17. The minimum atomic E-state index is -1.35. The third-order valence-corrected chi connectivity index (χ3v) is 4.06. The number of benzene rings is 1. The number of halogens is 2. The van der Waals surface area contributed by atoms with Crippen molar-refractivity contribution in [3.63, 3.8) is 0 Å². The maximum Gasteiger partial charge on any atom is 0.158 e. The van der Waals surface area contributed by atoms with Crippen molar-refractivity contribution in [3.05, 3.63) is 35.1 Å².